The Labute approximate surface area is 136 Å². The third kappa shape index (κ3) is 5.45. The first-order chi connectivity index (χ1) is 11.5. The third-order valence-electron chi connectivity index (χ3n) is 3.71. The highest BCUT2D eigenvalue weighted by molar-refractivity contribution is 5.69. The Morgan fingerprint density at radius 2 is 2.04 bits per heavy atom. The second-order valence-electron chi connectivity index (χ2n) is 5.39. The summed E-state index contributed by atoms with van der Waals surface area (Å²) in [6.45, 7) is 0.266. The molecule has 0 aromatic rings. The minimum atomic E-state index is -1.13. The van der Waals surface area contributed by atoms with Crippen molar-refractivity contribution in [2.45, 2.75) is 50.1 Å². The summed E-state index contributed by atoms with van der Waals surface area (Å²) in [4.78, 5) is 40.6. The van der Waals surface area contributed by atoms with Crippen LogP contribution in [0.15, 0.2) is 0 Å². The Balaban J connectivity index is 1.67. The predicted octanol–water partition coefficient (Wildman–Crippen LogP) is 0.0414. The molecule has 12 nitrogen and oxygen atoms in total. The first-order valence-electron chi connectivity index (χ1n) is 7.47. The van der Waals surface area contributed by atoms with Gasteiger partial charge in [0, 0.05) is 13.0 Å². The summed E-state index contributed by atoms with van der Waals surface area (Å²) in [6, 6.07) is 0. The average Bonchev–Trinajstić information content (AvgIpc) is 3.09. The van der Waals surface area contributed by atoms with Crippen molar-refractivity contribution in [3.05, 3.63) is 20.2 Å². The van der Waals surface area contributed by atoms with Gasteiger partial charge < -0.3 is 23.9 Å². The second kappa shape index (κ2) is 8.59. The zero-order valence-corrected chi connectivity index (χ0v) is 12.7. The Bertz CT molecular complexity index is 473. The van der Waals surface area contributed by atoms with Gasteiger partial charge in [-0.15, -0.1) is 20.2 Å². The van der Waals surface area contributed by atoms with E-state index in [9.17, 15) is 25.0 Å². The van der Waals surface area contributed by atoms with Gasteiger partial charge in [-0.05, 0) is 19.3 Å². The van der Waals surface area contributed by atoms with E-state index in [0.717, 1.165) is 6.42 Å². The molecule has 136 valence electrons. The SMILES string of the molecule is O=C(CCCC(CO[N+](=O)[O-])O[N+](=O)[O-])OC1COC2CCOC21. The summed E-state index contributed by atoms with van der Waals surface area (Å²) in [6.07, 6.45) is -0.870. The van der Waals surface area contributed by atoms with Crippen molar-refractivity contribution in [1.82, 2.24) is 0 Å². The zero-order valence-electron chi connectivity index (χ0n) is 12.7. The van der Waals surface area contributed by atoms with Gasteiger partial charge in [0.05, 0.1) is 12.7 Å². The number of ether oxygens (including phenoxy) is 3. The molecule has 0 aromatic carbocycles. The first kappa shape index (κ1) is 18.1. The lowest BCUT2D eigenvalue weighted by atomic mass is 10.1. The van der Waals surface area contributed by atoms with Crippen molar-refractivity contribution in [2.75, 3.05) is 19.8 Å². The first-order valence-corrected chi connectivity index (χ1v) is 7.47. The molecular weight excluding hydrogens is 332 g/mol. The molecule has 2 rings (SSSR count). The molecule has 0 bridgehead atoms. The highest BCUT2D eigenvalue weighted by Crippen LogP contribution is 2.28. The normalized spacial score (nSPS) is 26.4. The largest absolute Gasteiger partial charge is 0.457 e. The van der Waals surface area contributed by atoms with Crippen LogP contribution in [0.25, 0.3) is 0 Å². The van der Waals surface area contributed by atoms with E-state index in [-0.39, 0.29) is 38.1 Å². The van der Waals surface area contributed by atoms with Crippen molar-refractivity contribution in [2.24, 2.45) is 0 Å². The van der Waals surface area contributed by atoms with Crippen molar-refractivity contribution < 1.29 is 38.9 Å². The lowest BCUT2D eigenvalue weighted by Gasteiger charge is -2.17. The van der Waals surface area contributed by atoms with Crippen LogP contribution in [0.1, 0.15) is 25.7 Å². The smallest absolute Gasteiger partial charge is 0.306 e. The number of esters is 1. The summed E-state index contributed by atoms with van der Waals surface area (Å²) in [7, 11) is 0. The number of rotatable bonds is 10. The highest BCUT2D eigenvalue weighted by Gasteiger charge is 2.43. The lowest BCUT2D eigenvalue weighted by Crippen LogP contribution is -2.32. The number of carbonyl (C=O) groups is 1. The topological polar surface area (TPSA) is 149 Å². The number of hydrogen-bond donors (Lipinski definition) is 0. The Kier molecular flexibility index (Phi) is 6.49. The molecular formula is C12H18N2O10. The maximum absolute atomic E-state index is 11.8. The van der Waals surface area contributed by atoms with Gasteiger partial charge in [-0.25, -0.2) is 0 Å². The number of carbonyl (C=O) groups excluding carboxylic acids is 1. The van der Waals surface area contributed by atoms with Crippen molar-refractivity contribution in [3.63, 3.8) is 0 Å². The lowest BCUT2D eigenvalue weighted by molar-refractivity contribution is -0.790. The van der Waals surface area contributed by atoms with Crippen LogP contribution in [0.4, 0.5) is 0 Å². The van der Waals surface area contributed by atoms with Crippen molar-refractivity contribution in [3.8, 4) is 0 Å². The molecule has 2 heterocycles. The summed E-state index contributed by atoms with van der Waals surface area (Å²) >= 11 is 0. The monoisotopic (exact) mass is 350 g/mol. The number of nitrogens with zero attached hydrogens (tertiary/aromatic N) is 2. The van der Waals surface area contributed by atoms with Gasteiger partial charge in [0.25, 0.3) is 10.2 Å². The molecule has 2 aliphatic heterocycles. The maximum atomic E-state index is 11.8. The number of hydrogen-bond acceptors (Lipinski definition) is 10. The van der Waals surface area contributed by atoms with Gasteiger partial charge in [0.1, 0.15) is 18.8 Å². The maximum Gasteiger partial charge on any atom is 0.306 e. The molecule has 0 N–H and O–H groups in total. The standard InChI is InChI=1S/C12H18N2O10/c15-11(23-10-7-21-9-4-5-20-12(9)10)3-1-2-8(24-14(18)19)6-22-13(16)17/h8-10,12H,1-7H2. The van der Waals surface area contributed by atoms with Crippen LogP contribution in [-0.2, 0) is 28.7 Å². The van der Waals surface area contributed by atoms with Crippen LogP contribution in [0, 0.1) is 20.2 Å². The van der Waals surface area contributed by atoms with E-state index in [4.69, 9.17) is 14.2 Å². The van der Waals surface area contributed by atoms with Gasteiger partial charge in [-0.1, -0.05) is 0 Å². The molecule has 2 aliphatic rings. The van der Waals surface area contributed by atoms with E-state index in [2.05, 4.69) is 9.68 Å². The summed E-state index contributed by atoms with van der Waals surface area (Å²) < 4.78 is 16.2. The molecule has 2 fully saturated rings. The average molecular weight is 350 g/mol. The molecule has 24 heavy (non-hydrogen) atoms. The van der Waals surface area contributed by atoms with E-state index < -0.39 is 35.0 Å². The van der Waals surface area contributed by atoms with Gasteiger partial charge in [-0.2, -0.15) is 0 Å². The van der Waals surface area contributed by atoms with Crippen LogP contribution in [0.5, 0.6) is 0 Å². The molecule has 0 aromatic heterocycles. The highest BCUT2D eigenvalue weighted by atomic mass is 17.0. The van der Waals surface area contributed by atoms with Crippen LogP contribution in [-0.4, -0.2) is 60.4 Å². The summed E-state index contributed by atoms with van der Waals surface area (Å²) in [5, 5.41) is 18.3. The molecule has 0 radical (unpaired) electrons. The van der Waals surface area contributed by atoms with Gasteiger partial charge in [0.15, 0.2) is 6.10 Å². The van der Waals surface area contributed by atoms with Crippen molar-refractivity contribution >= 4 is 5.97 Å². The van der Waals surface area contributed by atoms with Gasteiger partial charge >= 0.3 is 5.97 Å². The zero-order chi connectivity index (χ0) is 17.5. The minimum Gasteiger partial charge on any atom is -0.457 e. The molecule has 4 unspecified atom stereocenters. The molecule has 0 aliphatic carbocycles. The summed E-state index contributed by atoms with van der Waals surface area (Å²) in [5.74, 6) is -0.491. The molecule has 0 saturated carbocycles. The molecule has 4 atom stereocenters. The quantitative estimate of drug-likeness (QED) is 0.300. The fourth-order valence-electron chi connectivity index (χ4n) is 2.67. The van der Waals surface area contributed by atoms with Gasteiger partial charge in [0.2, 0.25) is 0 Å². The van der Waals surface area contributed by atoms with Crippen LogP contribution < -0.4 is 0 Å². The van der Waals surface area contributed by atoms with E-state index in [0.29, 0.717) is 6.61 Å². The van der Waals surface area contributed by atoms with Crippen LogP contribution in [0.3, 0.4) is 0 Å². The van der Waals surface area contributed by atoms with Gasteiger partial charge in [-0.3, -0.25) is 4.79 Å². The Morgan fingerprint density at radius 1 is 1.25 bits per heavy atom. The molecule has 0 spiro atoms. The minimum absolute atomic E-state index is 0.00999. The third-order valence-corrected chi connectivity index (χ3v) is 3.71. The van der Waals surface area contributed by atoms with Crippen molar-refractivity contribution in [1.29, 1.82) is 0 Å². The molecule has 2 saturated heterocycles. The Morgan fingerprint density at radius 3 is 2.75 bits per heavy atom. The fraction of sp³-hybridized carbons (Fsp3) is 0.917. The number of fused-ring (bicyclic) bond motifs is 1. The van der Waals surface area contributed by atoms with Crippen LogP contribution >= 0.6 is 0 Å². The van der Waals surface area contributed by atoms with E-state index in [1.807, 2.05) is 0 Å². The fourth-order valence-corrected chi connectivity index (χ4v) is 2.67. The predicted molar refractivity (Wildman–Crippen MR) is 72.6 cm³/mol. The Hall–Kier alpha value is -2.21. The van der Waals surface area contributed by atoms with Crippen LogP contribution in [0.2, 0.25) is 0 Å². The molecule has 0 amide bonds. The molecule has 12 heteroatoms. The van der Waals surface area contributed by atoms with E-state index in [1.165, 1.54) is 0 Å². The van der Waals surface area contributed by atoms with E-state index >= 15 is 0 Å². The van der Waals surface area contributed by atoms with E-state index in [1.54, 1.807) is 0 Å². The summed E-state index contributed by atoms with van der Waals surface area (Å²) in [5.41, 5.74) is 0. The second-order valence-corrected chi connectivity index (χ2v) is 5.39.